The zero-order valence-electron chi connectivity index (χ0n) is 12.3. The molecule has 2 amide bonds. The third kappa shape index (κ3) is 5.92. The fourth-order valence-electron chi connectivity index (χ4n) is 1.94. The van der Waals surface area contributed by atoms with Gasteiger partial charge in [0.1, 0.15) is 5.60 Å². The van der Waals surface area contributed by atoms with Crippen molar-refractivity contribution in [1.82, 2.24) is 15.5 Å². The lowest BCUT2D eigenvalue weighted by Crippen LogP contribution is -2.53. The first-order valence-electron chi connectivity index (χ1n) is 6.73. The van der Waals surface area contributed by atoms with Crippen LogP contribution in [0.25, 0.3) is 0 Å². The molecule has 110 valence electrons. The van der Waals surface area contributed by atoms with Gasteiger partial charge in [0.25, 0.3) is 0 Å². The average molecular weight is 271 g/mol. The highest BCUT2D eigenvalue weighted by atomic mass is 16.6. The second-order valence-electron chi connectivity index (χ2n) is 5.79. The maximum Gasteiger partial charge on any atom is 0.410 e. The summed E-state index contributed by atoms with van der Waals surface area (Å²) in [5, 5.41) is 5.91. The lowest BCUT2D eigenvalue weighted by Gasteiger charge is -2.34. The lowest BCUT2D eigenvalue weighted by molar-refractivity contribution is -0.120. The van der Waals surface area contributed by atoms with Gasteiger partial charge in [-0.2, -0.15) is 0 Å². The second kappa shape index (κ2) is 6.75. The summed E-state index contributed by atoms with van der Waals surface area (Å²) >= 11 is 0. The number of ether oxygens (including phenoxy) is 1. The molecule has 0 aromatic heterocycles. The van der Waals surface area contributed by atoms with Crippen LogP contribution in [0, 0.1) is 0 Å². The van der Waals surface area contributed by atoms with Crippen molar-refractivity contribution in [1.29, 1.82) is 0 Å². The van der Waals surface area contributed by atoms with Crippen molar-refractivity contribution in [3.05, 3.63) is 0 Å². The maximum atomic E-state index is 12.0. The molecule has 0 aromatic carbocycles. The molecule has 0 aliphatic carbocycles. The normalized spacial score (nSPS) is 20.0. The number of carbonyl (C=O) groups excluding carboxylic acids is 2. The quantitative estimate of drug-likeness (QED) is 0.793. The average Bonchev–Trinajstić information content (AvgIpc) is 2.34. The highest BCUT2D eigenvalue weighted by Gasteiger charge is 2.27. The van der Waals surface area contributed by atoms with Crippen molar-refractivity contribution >= 4 is 12.0 Å². The number of hydrogen-bond donors (Lipinski definition) is 2. The predicted octanol–water partition coefficient (Wildman–Crippen LogP) is 0.721. The Morgan fingerprint density at radius 2 is 2.11 bits per heavy atom. The van der Waals surface area contributed by atoms with Gasteiger partial charge in [-0.3, -0.25) is 4.79 Å². The number of amides is 2. The van der Waals surface area contributed by atoms with Gasteiger partial charge in [0.2, 0.25) is 5.91 Å². The van der Waals surface area contributed by atoms with Gasteiger partial charge in [-0.05, 0) is 27.2 Å². The van der Waals surface area contributed by atoms with Crippen LogP contribution >= 0.6 is 0 Å². The van der Waals surface area contributed by atoms with Crippen molar-refractivity contribution in [3.8, 4) is 0 Å². The molecule has 0 spiro atoms. The molecule has 1 heterocycles. The Labute approximate surface area is 114 Å². The Kier molecular flexibility index (Phi) is 5.60. The first-order valence-corrected chi connectivity index (χ1v) is 6.73. The van der Waals surface area contributed by atoms with Crippen LogP contribution in [-0.2, 0) is 9.53 Å². The summed E-state index contributed by atoms with van der Waals surface area (Å²) in [6.07, 6.45) is 0.911. The molecular formula is C13H25N3O3. The molecule has 19 heavy (non-hydrogen) atoms. The SMILES string of the molecule is CNC(=O)CCC1CN(C(=O)OC(C)(C)C)CCN1. The molecule has 1 aliphatic rings. The minimum absolute atomic E-state index is 0.0243. The van der Waals surface area contributed by atoms with Gasteiger partial charge < -0.3 is 20.3 Å². The highest BCUT2D eigenvalue weighted by Crippen LogP contribution is 2.12. The Morgan fingerprint density at radius 1 is 1.42 bits per heavy atom. The van der Waals surface area contributed by atoms with Gasteiger partial charge in [-0.1, -0.05) is 0 Å². The van der Waals surface area contributed by atoms with Crippen molar-refractivity contribution in [2.24, 2.45) is 0 Å². The summed E-state index contributed by atoms with van der Waals surface area (Å²) in [5.41, 5.74) is -0.473. The van der Waals surface area contributed by atoms with Crippen LogP contribution in [0.4, 0.5) is 4.79 Å². The van der Waals surface area contributed by atoms with E-state index in [0.717, 1.165) is 13.0 Å². The molecule has 0 saturated carbocycles. The van der Waals surface area contributed by atoms with E-state index in [-0.39, 0.29) is 18.0 Å². The zero-order chi connectivity index (χ0) is 14.5. The first kappa shape index (κ1) is 15.8. The number of rotatable bonds is 3. The molecule has 6 nitrogen and oxygen atoms in total. The molecule has 0 aromatic rings. The number of piperazine rings is 1. The van der Waals surface area contributed by atoms with Crippen molar-refractivity contribution < 1.29 is 14.3 Å². The van der Waals surface area contributed by atoms with E-state index in [0.29, 0.717) is 19.5 Å². The van der Waals surface area contributed by atoms with E-state index in [1.807, 2.05) is 20.8 Å². The monoisotopic (exact) mass is 271 g/mol. The standard InChI is InChI=1S/C13H25N3O3/c1-13(2,3)19-12(18)16-8-7-15-10(9-16)5-6-11(17)14-4/h10,15H,5-9H2,1-4H3,(H,14,17). The van der Waals surface area contributed by atoms with Gasteiger partial charge in [-0.15, -0.1) is 0 Å². The zero-order valence-corrected chi connectivity index (χ0v) is 12.3. The van der Waals surface area contributed by atoms with Crippen molar-refractivity contribution in [3.63, 3.8) is 0 Å². The van der Waals surface area contributed by atoms with Crippen molar-refractivity contribution in [2.75, 3.05) is 26.7 Å². The molecule has 0 radical (unpaired) electrons. The summed E-state index contributed by atoms with van der Waals surface area (Å²) in [4.78, 5) is 24.9. The van der Waals surface area contributed by atoms with Crippen LogP contribution < -0.4 is 10.6 Å². The van der Waals surface area contributed by atoms with Gasteiger partial charge in [0, 0.05) is 39.1 Å². The summed E-state index contributed by atoms with van der Waals surface area (Å²) in [5.74, 6) is 0.0243. The molecule has 1 aliphatic heterocycles. The maximum absolute atomic E-state index is 12.0. The predicted molar refractivity (Wildman–Crippen MR) is 72.9 cm³/mol. The van der Waals surface area contributed by atoms with E-state index >= 15 is 0 Å². The van der Waals surface area contributed by atoms with Gasteiger partial charge in [0.05, 0.1) is 0 Å². The molecule has 2 N–H and O–H groups in total. The van der Waals surface area contributed by atoms with E-state index in [2.05, 4.69) is 10.6 Å². The Hall–Kier alpha value is -1.30. The summed E-state index contributed by atoms with van der Waals surface area (Å²) < 4.78 is 5.35. The fourth-order valence-corrected chi connectivity index (χ4v) is 1.94. The van der Waals surface area contributed by atoms with Crippen LogP contribution in [0.5, 0.6) is 0 Å². The minimum Gasteiger partial charge on any atom is -0.444 e. The largest absolute Gasteiger partial charge is 0.444 e. The summed E-state index contributed by atoms with van der Waals surface area (Å²) in [6.45, 7) is 7.54. The number of nitrogens with one attached hydrogen (secondary N) is 2. The van der Waals surface area contributed by atoms with Crippen LogP contribution in [-0.4, -0.2) is 55.2 Å². The van der Waals surface area contributed by atoms with E-state index < -0.39 is 5.60 Å². The molecular weight excluding hydrogens is 246 g/mol. The lowest BCUT2D eigenvalue weighted by atomic mass is 10.1. The molecule has 6 heteroatoms. The first-order chi connectivity index (χ1) is 8.81. The van der Waals surface area contributed by atoms with Gasteiger partial charge in [-0.25, -0.2) is 4.79 Å². The fraction of sp³-hybridized carbons (Fsp3) is 0.846. The Morgan fingerprint density at radius 3 is 2.68 bits per heavy atom. The second-order valence-corrected chi connectivity index (χ2v) is 5.79. The van der Waals surface area contributed by atoms with Gasteiger partial charge >= 0.3 is 6.09 Å². The topological polar surface area (TPSA) is 70.7 Å². The van der Waals surface area contributed by atoms with E-state index in [9.17, 15) is 9.59 Å². The number of nitrogens with zero attached hydrogens (tertiary/aromatic N) is 1. The summed E-state index contributed by atoms with van der Waals surface area (Å²) in [6, 6.07) is 0.151. The molecule has 1 atom stereocenters. The van der Waals surface area contributed by atoms with Crippen LogP contribution in [0.15, 0.2) is 0 Å². The van der Waals surface area contributed by atoms with Crippen LogP contribution in [0.2, 0.25) is 0 Å². The van der Waals surface area contributed by atoms with Crippen LogP contribution in [0.1, 0.15) is 33.6 Å². The van der Waals surface area contributed by atoms with Crippen molar-refractivity contribution in [2.45, 2.75) is 45.3 Å². The smallest absolute Gasteiger partial charge is 0.410 e. The Bertz CT molecular complexity index is 326. The third-order valence-electron chi connectivity index (χ3n) is 2.91. The van der Waals surface area contributed by atoms with Gasteiger partial charge in [0.15, 0.2) is 0 Å². The van der Waals surface area contributed by atoms with E-state index in [1.54, 1.807) is 11.9 Å². The number of carbonyl (C=O) groups is 2. The Balaban J connectivity index is 2.41. The van der Waals surface area contributed by atoms with E-state index in [1.165, 1.54) is 0 Å². The molecule has 0 bridgehead atoms. The molecule has 1 saturated heterocycles. The molecule has 1 rings (SSSR count). The molecule has 1 unspecified atom stereocenters. The highest BCUT2D eigenvalue weighted by molar-refractivity contribution is 5.75. The third-order valence-corrected chi connectivity index (χ3v) is 2.91. The molecule has 1 fully saturated rings. The van der Waals surface area contributed by atoms with E-state index in [4.69, 9.17) is 4.74 Å². The summed E-state index contributed by atoms with van der Waals surface area (Å²) in [7, 11) is 1.63. The number of hydrogen-bond acceptors (Lipinski definition) is 4. The van der Waals surface area contributed by atoms with Crippen LogP contribution in [0.3, 0.4) is 0 Å². The minimum atomic E-state index is -0.473.